The molecule has 0 aromatic heterocycles. The second-order valence-electron chi connectivity index (χ2n) is 6.44. The van der Waals surface area contributed by atoms with Crippen LogP contribution in [0.15, 0.2) is 18.2 Å². The Morgan fingerprint density at radius 2 is 1.72 bits per heavy atom. The number of carbonyl (C=O) groups excluding carboxylic acids is 1. The molecule has 0 aliphatic heterocycles. The van der Waals surface area contributed by atoms with Gasteiger partial charge in [-0.15, -0.1) is 0 Å². The lowest BCUT2D eigenvalue weighted by Gasteiger charge is -2.32. The number of alkyl halides is 3. The second kappa shape index (κ2) is 10.1. The van der Waals surface area contributed by atoms with Gasteiger partial charge in [-0.25, -0.2) is 8.42 Å². The number of carbonyl (C=O) groups is 1. The van der Waals surface area contributed by atoms with E-state index in [0.717, 1.165) is 0 Å². The van der Waals surface area contributed by atoms with Crippen molar-refractivity contribution in [3.63, 3.8) is 0 Å². The van der Waals surface area contributed by atoms with E-state index in [0.29, 0.717) is 17.1 Å². The van der Waals surface area contributed by atoms with Gasteiger partial charge in [-0.3, -0.25) is 4.79 Å². The lowest BCUT2D eigenvalue weighted by Crippen LogP contribution is -2.53. The molecule has 0 aliphatic carbocycles. The first-order valence-corrected chi connectivity index (χ1v) is 10.3. The van der Waals surface area contributed by atoms with Crippen molar-refractivity contribution in [2.24, 2.45) is 5.92 Å². The highest BCUT2D eigenvalue weighted by Gasteiger charge is 2.53. The van der Waals surface area contributed by atoms with Gasteiger partial charge in [0.1, 0.15) is 6.04 Å². The molecule has 0 saturated carbocycles. The molecule has 7 nitrogen and oxygen atoms in total. The molecule has 1 rings (SSSR count). The van der Waals surface area contributed by atoms with Crippen molar-refractivity contribution in [1.29, 1.82) is 0 Å². The minimum atomic E-state index is -5.77. The molecule has 0 spiro atoms. The van der Waals surface area contributed by atoms with Crippen molar-refractivity contribution >= 4 is 16.0 Å². The highest BCUT2D eigenvalue weighted by Crippen LogP contribution is 2.32. The third-order valence-electron chi connectivity index (χ3n) is 4.14. The summed E-state index contributed by atoms with van der Waals surface area (Å²) in [7, 11) is -2.94. The number of esters is 1. The maximum Gasteiger partial charge on any atom is 0.511 e. The molecule has 0 aliphatic rings. The molecule has 1 aromatic carbocycles. The quantitative estimate of drug-likeness (QED) is 0.519. The molecular formula is C18H26F3NO6S. The van der Waals surface area contributed by atoms with Crippen LogP contribution in [-0.4, -0.2) is 57.6 Å². The van der Waals surface area contributed by atoms with Crippen LogP contribution in [-0.2, 0) is 26.0 Å². The van der Waals surface area contributed by atoms with Crippen molar-refractivity contribution in [3.8, 4) is 11.5 Å². The first-order chi connectivity index (χ1) is 13.4. The van der Waals surface area contributed by atoms with E-state index in [4.69, 9.17) is 14.2 Å². The Balaban J connectivity index is 3.30. The van der Waals surface area contributed by atoms with Crippen LogP contribution in [0.25, 0.3) is 0 Å². The largest absolute Gasteiger partial charge is 0.511 e. The average Bonchev–Trinajstić information content (AvgIpc) is 2.63. The molecule has 0 radical (unpaired) electrons. The van der Waals surface area contributed by atoms with Crippen molar-refractivity contribution in [2.45, 2.75) is 38.7 Å². The predicted octanol–water partition coefficient (Wildman–Crippen LogP) is 2.99. The zero-order chi connectivity index (χ0) is 22.4. The number of rotatable bonds is 10. The van der Waals surface area contributed by atoms with Gasteiger partial charge in [0.25, 0.3) is 0 Å². The summed E-state index contributed by atoms with van der Waals surface area (Å²) in [6.07, 6.45) is -0.0850. The Morgan fingerprint density at radius 3 is 2.17 bits per heavy atom. The molecule has 1 unspecified atom stereocenters. The van der Waals surface area contributed by atoms with E-state index in [-0.39, 0.29) is 17.3 Å². The summed E-state index contributed by atoms with van der Waals surface area (Å²) in [5.41, 5.74) is -5.04. The van der Waals surface area contributed by atoms with Crippen molar-refractivity contribution < 1.29 is 40.6 Å². The number of halogens is 3. The first kappa shape index (κ1) is 25.0. The van der Waals surface area contributed by atoms with Crippen LogP contribution < -0.4 is 9.47 Å². The molecular weight excluding hydrogens is 415 g/mol. The fourth-order valence-corrected chi connectivity index (χ4v) is 3.99. The minimum absolute atomic E-state index is 0.0850. The van der Waals surface area contributed by atoms with Crippen LogP contribution in [0.4, 0.5) is 13.2 Å². The van der Waals surface area contributed by atoms with Crippen LogP contribution in [0.3, 0.4) is 0 Å². The van der Waals surface area contributed by atoms with Crippen molar-refractivity contribution in [1.82, 2.24) is 4.31 Å². The summed E-state index contributed by atoms with van der Waals surface area (Å²) in [4.78, 5) is 12.3. The lowest BCUT2D eigenvalue weighted by molar-refractivity contribution is -0.149. The van der Waals surface area contributed by atoms with E-state index >= 15 is 0 Å². The Bertz CT molecular complexity index is 795. The van der Waals surface area contributed by atoms with Crippen LogP contribution in [0.5, 0.6) is 11.5 Å². The van der Waals surface area contributed by atoms with E-state index in [1.54, 1.807) is 12.1 Å². The second-order valence-corrected chi connectivity index (χ2v) is 8.32. The van der Waals surface area contributed by atoms with E-state index in [9.17, 15) is 26.4 Å². The Hall–Kier alpha value is -2.01. The molecule has 0 bridgehead atoms. The van der Waals surface area contributed by atoms with E-state index < -0.39 is 40.0 Å². The number of sulfonamides is 1. The number of nitrogens with zero attached hydrogens (tertiary/aromatic N) is 1. The first-order valence-electron chi connectivity index (χ1n) is 8.86. The third-order valence-corrected chi connectivity index (χ3v) is 5.75. The van der Waals surface area contributed by atoms with Crippen LogP contribution in [0, 0.1) is 5.92 Å². The predicted molar refractivity (Wildman–Crippen MR) is 100 cm³/mol. The van der Waals surface area contributed by atoms with Gasteiger partial charge in [0, 0.05) is 6.54 Å². The van der Waals surface area contributed by atoms with Crippen LogP contribution >= 0.6 is 0 Å². The summed E-state index contributed by atoms with van der Waals surface area (Å²) in [5, 5.41) is 0. The zero-order valence-corrected chi connectivity index (χ0v) is 17.8. The lowest BCUT2D eigenvalue weighted by atomic mass is 10.0. The molecule has 1 aromatic rings. The summed E-state index contributed by atoms with van der Waals surface area (Å²) < 4.78 is 79.5. The Kier molecular flexibility index (Phi) is 8.76. The number of hydrogen-bond acceptors (Lipinski definition) is 6. The van der Waals surface area contributed by atoms with Crippen LogP contribution in [0.2, 0.25) is 0 Å². The monoisotopic (exact) mass is 441 g/mol. The van der Waals surface area contributed by atoms with Crippen LogP contribution in [0.1, 0.15) is 26.3 Å². The van der Waals surface area contributed by atoms with Crippen molar-refractivity contribution in [2.75, 3.05) is 27.4 Å². The highest BCUT2D eigenvalue weighted by atomic mass is 32.2. The molecule has 0 amide bonds. The molecule has 0 heterocycles. The van der Waals surface area contributed by atoms with E-state index in [2.05, 4.69) is 0 Å². The minimum Gasteiger partial charge on any atom is -0.493 e. The van der Waals surface area contributed by atoms with Gasteiger partial charge < -0.3 is 14.2 Å². The van der Waals surface area contributed by atoms with Gasteiger partial charge >= 0.3 is 21.5 Å². The van der Waals surface area contributed by atoms with Gasteiger partial charge in [-0.1, -0.05) is 19.9 Å². The Labute approximate surface area is 168 Å². The number of methoxy groups -OCH3 is 2. The van der Waals surface area contributed by atoms with Gasteiger partial charge in [0.05, 0.1) is 20.8 Å². The SMILES string of the molecule is CCOC(=O)C(C(C)C)N(CCc1ccc(OC)c(OC)c1)S(=O)(=O)C(F)(F)F. The number of benzene rings is 1. The number of hydrogen-bond donors (Lipinski definition) is 0. The summed E-state index contributed by atoms with van der Waals surface area (Å²) >= 11 is 0. The molecule has 0 saturated heterocycles. The third kappa shape index (κ3) is 5.99. The topological polar surface area (TPSA) is 82.1 Å². The van der Waals surface area contributed by atoms with Gasteiger partial charge in [0.15, 0.2) is 11.5 Å². The summed E-state index contributed by atoms with van der Waals surface area (Å²) in [6, 6.07) is 3.06. The number of ether oxygens (including phenoxy) is 3. The molecule has 11 heteroatoms. The fourth-order valence-electron chi connectivity index (χ4n) is 2.77. The smallest absolute Gasteiger partial charge is 0.493 e. The molecule has 0 N–H and O–H groups in total. The maximum absolute atomic E-state index is 13.3. The van der Waals surface area contributed by atoms with E-state index in [1.165, 1.54) is 41.1 Å². The zero-order valence-electron chi connectivity index (χ0n) is 16.9. The summed E-state index contributed by atoms with van der Waals surface area (Å²) in [6.45, 7) is 3.74. The normalized spacial score (nSPS) is 13.4. The Morgan fingerprint density at radius 1 is 1.14 bits per heavy atom. The molecule has 166 valence electrons. The molecule has 0 fully saturated rings. The maximum atomic E-state index is 13.3. The van der Waals surface area contributed by atoms with Gasteiger partial charge in [0.2, 0.25) is 0 Å². The molecule has 29 heavy (non-hydrogen) atoms. The van der Waals surface area contributed by atoms with Crippen molar-refractivity contribution in [3.05, 3.63) is 23.8 Å². The highest BCUT2D eigenvalue weighted by molar-refractivity contribution is 7.90. The van der Waals surface area contributed by atoms with E-state index in [1.807, 2.05) is 0 Å². The fraction of sp³-hybridized carbons (Fsp3) is 0.611. The summed E-state index contributed by atoms with van der Waals surface area (Å²) in [5.74, 6) is -0.997. The van der Waals surface area contributed by atoms with Gasteiger partial charge in [-0.2, -0.15) is 17.5 Å². The van der Waals surface area contributed by atoms with Gasteiger partial charge in [-0.05, 0) is 37.0 Å². The molecule has 1 atom stereocenters. The average molecular weight is 441 g/mol. The standard InChI is InChI=1S/C18H26F3NO6S/c1-6-28-17(23)16(12(2)3)22(29(24,25)18(19,20)21)10-9-13-7-8-14(26-4)15(11-13)27-5/h7-8,11-12,16H,6,9-10H2,1-5H3.